The summed E-state index contributed by atoms with van der Waals surface area (Å²) in [6, 6.07) is 3.09. The van der Waals surface area contributed by atoms with Crippen LogP contribution in [-0.4, -0.2) is 90.3 Å². The molecule has 0 aromatic carbocycles. The fraction of sp³-hybridized carbons (Fsp3) is 0.406. The van der Waals surface area contributed by atoms with Crippen molar-refractivity contribution in [3.63, 3.8) is 0 Å². The Balaban J connectivity index is 1.35. The number of nitrogens with one attached hydrogen (secondary N) is 1. The van der Waals surface area contributed by atoms with E-state index >= 15 is 0 Å². The molecule has 4 aromatic heterocycles. The summed E-state index contributed by atoms with van der Waals surface area (Å²) in [5, 5.41) is 16.8. The van der Waals surface area contributed by atoms with Gasteiger partial charge in [0.25, 0.3) is 11.5 Å². The Morgan fingerprint density at radius 2 is 1.86 bits per heavy atom. The number of carbonyl (C=O) groups excluding carboxylic acids is 2. The van der Waals surface area contributed by atoms with Gasteiger partial charge in [-0.25, -0.2) is 9.97 Å². The van der Waals surface area contributed by atoms with Crippen molar-refractivity contribution in [2.24, 2.45) is 0 Å². The number of rotatable bonds is 8. The molecule has 51 heavy (non-hydrogen) atoms. The Morgan fingerprint density at radius 3 is 2.49 bits per heavy atom. The number of halogens is 5. The Labute approximate surface area is 298 Å². The number of aromatic hydroxyl groups is 1. The first-order valence-electron chi connectivity index (χ1n) is 16.0. The molecule has 6 rings (SSSR count). The number of carbonyl (C=O) groups is 2. The number of hydrogen-bond donors (Lipinski definition) is 2. The van der Waals surface area contributed by atoms with Crippen LogP contribution < -0.4 is 15.8 Å². The first-order valence-corrected chi connectivity index (χ1v) is 16.7. The van der Waals surface area contributed by atoms with Crippen molar-refractivity contribution in [2.75, 3.05) is 43.5 Å². The second kappa shape index (κ2) is 14.5. The van der Waals surface area contributed by atoms with E-state index < -0.39 is 46.7 Å². The van der Waals surface area contributed by atoms with Crippen LogP contribution in [0.2, 0.25) is 10.2 Å². The smallest absolute Gasteiger partial charge is 0.433 e. The Hall–Kier alpha value is -4.74. The number of hydrogen-bond acceptors (Lipinski definition) is 10. The number of anilines is 2. The van der Waals surface area contributed by atoms with Crippen molar-refractivity contribution in [1.29, 1.82) is 0 Å². The highest BCUT2D eigenvalue weighted by Crippen LogP contribution is 2.32. The summed E-state index contributed by atoms with van der Waals surface area (Å²) in [5.74, 6) is -1.21. The molecule has 1 aliphatic heterocycles. The first-order chi connectivity index (χ1) is 24.3. The molecule has 0 unspecified atom stereocenters. The van der Waals surface area contributed by atoms with Crippen molar-refractivity contribution < 1.29 is 32.6 Å². The minimum Gasteiger partial charge on any atom is -0.504 e. The maximum Gasteiger partial charge on any atom is 0.433 e. The summed E-state index contributed by atoms with van der Waals surface area (Å²) in [4.78, 5) is 56.2. The molecule has 0 bridgehead atoms. The van der Waals surface area contributed by atoms with Gasteiger partial charge in [0.1, 0.15) is 17.9 Å². The normalized spacial score (nSPS) is 16.8. The number of amides is 2. The van der Waals surface area contributed by atoms with Crippen LogP contribution in [0.4, 0.5) is 24.5 Å². The molecule has 5 heterocycles. The molecule has 14 nitrogen and oxygen atoms in total. The fourth-order valence-electron chi connectivity index (χ4n) is 6.18. The highest BCUT2D eigenvalue weighted by atomic mass is 35.5. The average Bonchev–Trinajstić information content (AvgIpc) is 3.57. The number of methoxy groups -OCH3 is 1. The van der Waals surface area contributed by atoms with Gasteiger partial charge in [-0.3, -0.25) is 14.4 Å². The summed E-state index contributed by atoms with van der Waals surface area (Å²) < 4.78 is 47.6. The lowest BCUT2D eigenvalue weighted by molar-refractivity contribution is -0.141. The molecule has 1 saturated heterocycles. The molecule has 1 fully saturated rings. The standard InChI is InChI=1S/C32H32Cl2F3N9O5/c1-3-21-25(43-12-14-44(15-13-43)29(49)24-26(48)19(33)10-11-38-24)30(50)46-31(41-28(42-46)17-4-6-18(51-2)7-5-17)45(21)16-23(47)39-20-8-9-22(32(35,36)37)40-27(20)34/h4,8-11,18,48H,3,5-7,12-16H2,1-2H3,(H,39,47)/t18-/m0/s1. The highest BCUT2D eigenvalue weighted by Gasteiger charge is 2.34. The molecule has 4 aromatic rings. The number of fused-ring (bicyclic) bond motifs is 1. The molecule has 2 N–H and O–H groups in total. The maximum absolute atomic E-state index is 14.2. The fourth-order valence-corrected chi connectivity index (χ4v) is 6.53. The van der Waals surface area contributed by atoms with E-state index in [0.29, 0.717) is 30.4 Å². The SMILES string of the molecule is CCc1c(N2CCN(C(=O)c3nccc(Cl)c3O)CC2)c(=O)n2nc(C3=CC[C@H](OC)CC3)nc2n1CC(=O)Nc1ccc(C(F)(F)F)nc1Cl. The van der Waals surface area contributed by atoms with Gasteiger partial charge in [-0.15, -0.1) is 5.10 Å². The van der Waals surface area contributed by atoms with E-state index in [-0.39, 0.29) is 66.6 Å². The zero-order chi connectivity index (χ0) is 36.6. The van der Waals surface area contributed by atoms with Crippen molar-refractivity contribution >= 4 is 57.7 Å². The predicted octanol–water partition coefficient (Wildman–Crippen LogP) is 4.46. The van der Waals surface area contributed by atoms with E-state index in [1.165, 1.54) is 17.2 Å². The molecule has 2 aliphatic rings. The molecule has 19 heteroatoms. The van der Waals surface area contributed by atoms with E-state index in [0.717, 1.165) is 22.6 Å². The Morgan fingerprint density at radius 1 is 1.12 bits per heavy atom. The van der Waals surface area contributed by atoms with Crippen LogP contribution in [0.3, 0.4) is 0 Å². The second-order valence-corrected chi connectivity index (χ2v) is 12.7. The number of piperazine rings is 1. The van der Waals surface area contributed by atoms with Gasteiger partial charge in [0, 0.05) is 39.5 Å². The number of nitrogens with zero attached hydrogens (tertiary/aromatic N) is 8. The van der Waals surface area contributed by atoms with Crippen LogP contribution in [0, 0.1) is 0 Å². The maximum atomic E-state index is 14.2. The number of ether oxygens (including phenoxy) is 1. The van der Waals surface area contributed by atoms with Gasteiger partial charge < -0.3 is 29.5 Å². The van der Waals surface area contributed by atoms with E-state index in [1.54, 1.807) is 23.5 Å². The topological polar surface area (TPSA) is 160 Å². The van der Waals surface area contributed by atoms with Gasteiger partial charge in [-0.1, -0.05) is 36.2 Å². The first kappa shape index (κ1) is 36.1. The number of alkyl halides is 3. The molecule has 2 amide bonds. The van der Waals surface area contributed by atoms with Crippen LogP contribution in [0.1, 0.15) is 53.9 Å². The monoisotopic (exact) mass is 749 g/mol. The van der Waals surface area contributed by atoms with E-state index in [4.69, 9.17) is 32.9 Å². The molecule has 0 spiro atoms. The third-order valence-electron chi connectivity index (χ3n) is 8.82. The van der Waals surface area contributed by atoms with Gasteiger partial charge in [0.05, 0.1) is 22.5 Å². The summed E-state index contributed by atoms with van der Waals surface area (Å²) in [6.45, 7) is 2.17. The minimum atomic E-state index is -4.73. The van der Waals surface area contributed by atoms with Crippen LogP contribution in [-0.2, 0) is 28.7 Å². The highest BCUT2D eigenvalue weighted by molar-refractivity contribution is 6.32. The summed E-state index contributed by atoms with van der Waals surface area (Å²) in [7, 11) is 1.64. The van der Waals surface area contributed by atoms with Gasteiger partial charge in [-0.05, 0) is 49.5 Å². The van der Waals surface area contributed by atoms with Gasteiger partial charge in [0.15, 0.2) is 22.4 Å². The number of aromatic nitrogens is 6. The van der Waals surface area contributed by atoms with E-state index in [9.17, 15) is 32.7 Å². The predicted molar refractivity (Wildman–Crippen MR) is 181 cm³/mol. The molecule has 270 valence electrons. The zero-order valence-electron chi connectivity index (χ0n) is 27.4. The summed E-state index contributed by atoms with van der Waals surface area (Å²) in [6.07, 6.45) is 0.829. The molecular formula is C32H32Cl2F3N9O5. The van der Waals surface area contributed by atoms with Crippen molar-refractivity contribution in [1.82, 2.24) is 34.0 Å². The minimum absolute atomic E-state index is 0.0102. The molecule has 0 saturated carbocycles. The third kappa shape index (κ3) is 7.23. The quantitative estimate of drug-likeness (QED) is 0.246. The van der Waals surface area contributed by atoms with Gasteiger partial charge >= 0.3 is 6.18 Å². The largest absolute Gasteiger partial charge is 0.504 e. The van der Waals surface area contributed by atoms with Crippen molar-refractivity contribution in [3.8, 4) is 5.75 Å². The molecule has 1 aliphatic carbocycles. The van der Waals surface area contributed by atoms with Gasteiger partial charge in [0.2, 0.25) is 11.7 Å². The lowest BCUT2D eigenvalue weighted by atomic mass is 9.97. The number of pyridine rings is 2. The van der Waals surface area contributed by atoms with Crippen LogP contribution in [0.15, 0.2) is 35.3 Å². The van der Waals surface area contributed by atoms with Crippen molar-refractivity contribution in [3.05, 3.63) is 73.9 Å². The van der Waals surface area contributed by atoms with Gasteiger partial charge in [-0.2, -0.15) is 22.7 Å². The van der Waals surface area contributed by atoms with E-state index in [2.05, 4.69) is 20.4 Å². The molecule has 0 radical (unpaired) electrons. The molecular weight excluding hydrogens is 718 g/mol. The Bertz CT molecular complexity index is 2100. The van der Waals surface area contributed by atoms with Crippen molar-refractivity contribution in [2.45, 2.75) is 51.4 Å². The zero-order valence-corrected chi connectivity index (χ0v) is 28.9. The molecule has 1 atom stereocenters. The third-order valence-corrected chi connectivity index (χ3v) is 9.41. The number of allylic oxidation sites excluding steroid dienone is 1. The lowest BCUT2D eigenvalue weighted by Crippen LogP contribution is -2.51. The average molecular weight is 751 g/mol. The lowest BCUT2D eigenvalue weighted by Gasteiger charge is -2.36. The summed E-state index contributed by atoms with van der Waals surface area (Å²) in [5.41, 5.74) is -0.499. The Kier molecular flexibility index (Phi) is 10.2. The van der Waals surface area contributed by atoms with Crippen LogP contribution >= 0.6 is 23.2 Å². The van der Waals surface area contributed by atoms with Crippen LogP contribution in [0.25, 0.3) is 11.4 Å². The summed E-state index contributed by atoms with van der Waals surface area (Å²) >= 11 is 12.0. The second-order valence-electron chi connectivity index (χ2n) is 11.9. The van der Waals surface area contributed by atoms with E-state index in [1.807, 2.05) is 6.08 Å². The van der Waals surface area contributed by atoms with Crippen LogP contribution in [0.5, 0.6) is 5.75 Å².